The molecule has 0 aliphatic carbocycles. The van der Waals surface area contributed by atoms with Crippen LogP contribution in [0.25, 0.3) is 17.0 Å². The van der Waals surface area contributed by atoms with Crippen molar-refractivity contribution in [3.63, 3.8) is 0 Å². The highest BCUT2D eigenvalue weighted by Gasteiger charge is 2.20. The third-order valence-corrected chi connectivity index (χ3v) is 6.00. The molecule has 2 aromatic heterocycles. The minimum absolute atomic E-state index is 0.172. The van der Waals surface area contributed by atoms with Crippen LogP contribution in [0.1, 0.15) is 5.69 Å². The minimum atomic E-state index is -0.172. The summed E-state index contributed by atoms with van der Waals surface area (Å²) in [6, 6.07) is 9.20. The van der Waals surface area contributed by atoms with E-state index in [1.807, 2.05) is 24.3 Å². The average molecular weight is 394 g/mol. The number of hydrogen-bond donors (Lipinski definition) is 2. The van der Waals surface area contributed by atoms with E-state index in [-0.39, 0.29) is 5.56 Å². The van der Waals surface area contributed by atoms with Crippen LogP contribution in [-0.2, 0) is 5.75 Å². The summed E-state index contributed by atoms with van der Waals surface area (Å²) in [5.41, 5.74) is 2.98. The first-order valence-electron chi connectivity index (χ1n) is 7.97. The van der Waals surface area contributed by atoms with E-state index < -0.39 is 0 Å². The van der Waals surface area contributed by atoms with Crippen LogP contribution in [0.2, 0.25) is 0 Å². The summed E-state index contributed by atoms with van der Waals surface area (Å²) >= 11 is 2.99. The molecule has 0 atom stereocenters. The molecule has 27 heavy (non-hydrogen) atoms. The number of nitrogens with zero attached hydrogens (tertiary/aromatic N) is 4. The number of rotatable bonds is 3. The number of fused-ring (bicyclic) bond motifs is 1. The Kier molecular flexibility index (Phi) is 4.75. The van der Waals surface area contributed by atoms with Gasteiger partial charge in [-0.2, -0.15) is 4.68 Å². The molecule has 0 saturated heterocycles. The number of allylic oxidation sites excluding steroid dienone is 1. The van der Waals surface area contributed by atoms with E-state index in [4.69, 9.17) is 6.42 Å². The van der Waals surface area contributed by atoms with E-state index in [1.54, 1.807) is 19.2 Å². The Morgan fingerprint density at radius 3 is 3.07 bits per heavy atom. The van der Waals surface area contributed by atoms with Crippen molar-refractivity contribution in [1.82, 2.24) is 19.7 Å². The lowest BCUT2D eigenvalue weighted by Gasteiger charge is -1.98. The van der Waals surface area contributed by atoms with Gasteiger partial charge in [-0.15, -0.1) is 6.42 Å². The Bertz CT molecular complexity index is 1170. The Labute approximate surface area is 163 Å². The molecule has 0 radical (unpaired) electrons. The number of thioether (sulfide) groups is 2. The van der Waals surface area contributed by atoms with Gasteiger partial charge in [0.2, 0.25) is 5.95 Å². The van der Waals surface area contributed by atoms with Crippen molar-refractivity contribution in [2.24, 2.45) is 9.98 Å². The second-order valence-electron chi connectivity index (χ2n) is 5.53. The van der Waals surface area contributed by atoms with Crippen molar-refractivity contribution >= 4 is 44.0 Å². The molecular formula is C18H14N6OS2. The Morgan fingerprint density at radius 1 is 1.44 bits per heavy atom. The lowest BCUT2D eigenvalue weighted by molar-refractivity contribution is 0.789. The molecule has 0 unspecified atom stereocenters. The van der Waals surface area contributed by atoms with E-state index in [9.17, 15) is 4.79 Å². The van der Waals surface area contributed by atoms with Gasteiger partial charge in [-0.05, 0) is 23.9 Å². The Hall–Kier alpha value is -2.96. The molecule has 134 valence electrons. The van der Waals surface area contributed by atoms with Crippen molar-refractivity contribution in [3.05, 3.63) is 58.2 Å². The molecule has 3 heterocycles. The second-order valence-corrected chi connectivity index (χ2v) is 7.73. The average Bonchev–Trinajstić information content (AvgIpc) is 3.36. The molecule has 1 aromatic carbocycles. The smallest absolute Gasteiger partial charge is 0.274 e. The van der Waals surface area contributed by atoms with Crippen LogP contribution >= 0.6 is 23.5 Å². The van der Waals surface area contributed by atoms with Crippen molar-refractivity contribution in [1.29, 1.82) is 0 Å². The van der Waals surface area contributed by atoms with E-state index in [0.29, 0.717) is 17.4 Å². The summed E-state index contributed by atoms with van der Waals surface area (Å²) in [5, 5.41) is 3.89. The van der Waals surface area contributed by atoms with Gasteiger partial charge in [0, 0.05) is 30.6 Å². The monoisotopic (exact) mass is 394 g/mol. The largest absolute Gasteiger partial charge is 0.322 e. The molecule has 0 bridgehead atoms. The zero-order valence-corrected chi connectivity index (χ0v) is 15.9. The van der Waals surface area contributed by atoms with Gasteiger partial charge < -0.3 is 4.98 Å². The van der Waals surface area contributed by atoms with Gasteiger partial charge in [0.15, 0.2) is 0 Å². The van der Waals surface area contributed by atoms with Crippen molar-refractivity contribution in [2.45, 2.75) is 5.75 Å². The molecule has 2 N–H and O–H groups in total. The van der Waals surface area contributed by atoms with Gasteiger partial charge >= 0.3 is 0 Å². The Balaban J connectivity index is 1.53. The normalized spacial score (nSPS) is 17.0. The predicted molar refractivity (Wildman–Crippen MR) is 113 cm³/mol. The second kappa shape index (κ2) is 7.34. The lowest BCUT2D eigenvalue weighted by atomic mass is 10.3. The number of imidazole rings is 1. The molecular weight excluding hydrogens is 380 g/mol. The molecule has 4 rings (SSSR count). The first kappa shape index (κ1) is 17.5. The van der Waals surface area contributed by atoms with E-state index in [0.717, 1.165) is 26.1 Å². The lowest BCUT2D eigenvalue weighted by Crippen LogP contribution is -2.14. The number of para-hydroxylation sites is 2. The fraction of sp³-hybridized carbons (Fsp3) is 0.111. The van der Waals surface area contributed by atoms with E-state index >= 15 is 0 Å². The number of aliphatic imine (C=N–C) groups is 2. The Morgan fingerprint density at radius 2 is 2.30 bits per heavy atom. The summed E-state index contributed by atoms with van der Waals surface area (Å²) in [4.78, 5) is 28.6. The SMILES string of the molecule is C#C/C=C1/N=C(SCc2cc(=O)n(-c3nc4ccccc4[nH]3)[nH]2)SC1=NC. The zero-order chi connectivity index (χ0) is 18.8. The molecule has 0 fully saturated rings. The van der Waals surface area contributed by atoms with Crippen LogP contribution in [0, 0.1) is 12.3 Å². The van der Waals surface area contributed by atoms with Gasteiger partial charge in [-0.25, -0.2) is 9.98 Å². The van der Waals surface area contributed by atoms with Crippen molar-refractivity contribution in [2.75, 3.05) is 7.05 Å². The minimum Gasteiger partial charge on any atom is -0.322 e. The van der Waals surface area contributed by atoms with Gasteiger partial charge in [0.1, 0.15) is 15.1 Å². The summed E-state index contributed by atoms with van der Waals surface area (Å²) in [7, 11) is 1.71. The van der Waals surface area contributed by atoms with E-state index in [2.05, 4.69) is 31.0 Å². The molecule has 0 spiro atoms. The summed E-state index contributed by atoms with van der Waals surface area (Å²) in [5.74, 6) is 3.50. The quantitative estimate of drug-likeness (QED) is 0.668. The third-order valence-electron chi connectivity index (χ3n) is 3.75. The molecule has 9 heteroatoms. The van der Waals surface area contributed by atoms with Crippen molar-refractivity contribution in [3.8, 4) is 18.3 Å². The molecule has 7 nitrogen and oxygen atoms in total. The molecule has 3 aromatic rings. The van der Waals surface area contributed by atoms with Crippen LogP contribution in [0.5, 0.6) is 0 Å². The topological polar surface area (TPSA) is 91.2 Å². The number of terminal acetylenes is 1. The number of aromatic amines is 2. The summed E-state index contributed by atoms with van der Waals surface area (Å²) in [6.07, 6.45) is 6.92. The number of aromatic nitrogens is 4. The van der Waals surface area contributed by atoms with E-state index in [1.165, 1.54) is 28.2 Å². The number of H-pyrrole nitrogens is 2. The van der Waals surface area contributed by atoms with Crippen LogP contribution in [-0.4, -0.2) is 36.2 Å². The number of nitrogens with one attached hydrogen (secondary N) is 2. The zero-order valence-electron chi connectivity index (χ0n) is 14.3. The van der Waals surface area contributed by atoms with Crippen LogP contribution < -0.4 is 5.56 Å². The highest BCUT2D eigenvalue weighted by molar-refractivity contribution is 8.45. The molecule has 1 aliphatic heterocycles. The third kappa shape index (κ3) is 3.49. The predicted octanol–water partition coefficient (Wildman–Crippen LogP) is 2.92. The van der Waals surface area contributed by atoms with Crippen LogP contribution in [0.4, 0.5) is 0 Å². The summed E-state index contributed by atoms with van der Waals surface area (Å²) < 4.78 is 2.25. The van der Waals surface area contributed by atoms with Gasteiger partial charge in [0.05, 0.1) is 11.0 Å². The molecule has 0 amide bonds. The highest BCUT2D eigenvalue weighted by Crippen LogP contribution is 2.32. The fourth-order valence-electron chi connectivity index (χ4n) is 2.56. The number of benzene rings is 1. The standard InChI is InChI=1S/C18H14N6OS2/c1-3-6-14-16(19-2)27-18(22-14)26-10-11-9-15(25)24(23-11)17-20-12-7-4-5-8-13(12)21-17/h1,4-9,23H,10H2,2H3,(H,20,21)/b14-6+,19-16?. The first-order valence-corrected chi connectivity index (χ1v) is 9.77. The van der Waals surface area contributed by atoms with Crippen LogP contribution in [0.3, 0.4) is 0 Å². The maximum atomic E-state index is 12.3. The van der Waals surface area contributed by atoms with Crippen molar-refractivity contribution < 1.29 is 0 Å². The maximum absolute atomic E-state index is 12.3. The number of hydrogen-bond acceptors (Lipinski definition) is 6. The van der Waals surface area contributed by atoms with Gasteiger partial charge in [-0.1, -0.05) is 29.8 Å². The summed E-state index contributed by atoms with van der Waals surface area (Å²) in [6.45, 7) is 0. The van der Waals surface area contributed by atoms with Crippen LogP contribution in [0.15, 0.2) is 56.9 Å². The highest BCUT2D eigenvalue weighted by atomic mass is 32.2. The maximum Gasteiger partial charge on any atom is 0.274 e. The van der Waals surface area contributed by atoms with Gasteiger partial charge in [0.25, 0.3) is 5.56 Å². The molecule has 1 aliphatic rings. The molecule has 0 saturated carbocycles. The fourth-order valence-corrected chi connectivity index (χ4v) is 4.41. The first-order chi connectivity index (χ1) is 13.2. The van der Waals surface area contributed by atoms with Gasteiger partial charge in [-0.3, -0.25) is 14.9 Å².